The fourth-order valence-corrected chi connectivity index (χ4v) is 2.78. The Morgan fingerprint density at radius 3 is 2.62 bits per heavy atom. The van der Waals surface area contributed by atoms with Crippen molar-refractivity contribution in [1.29, 1.82) is 0 Å². The first-order valence-corrected chi connectivity index (χ1v) is 8.66. The number of amides is 1. The van der Waals surface area contributed by atoms with Crippen molar-refractivity contribution in [1.82, 2.24) is 15.1 Å². The van der Waals surface area contributed by atoms with Crippen LogP contribution in [-0.4, -0.2) is 22.8 Å². The summed E-state index contributed by atoms with van der Waals surface area (Å²) in [4.78, 5) is 12.2. The maximum atomic E-state index is 12.2. The molecule has 1 N–H and O–H groups in total. The molecule has 136 valence electrons. The molecule has 3 rings (SSSR count). The number of nitrogens with one attached hydrogen (secondary N) is 1. The fourth-order valence-electron chi connectivity index (χ4n) is 2.29. The van der Waals surface area contributed by atoms with Gasteiger partial charge in [0.1, 0.15) is 23.9 Å². The standard InChI is InChI=1S/C18H18BrN3O4/c1-22-16(15(19)9-21-22)10-20-18(23)17-8-7-14(26-17)11-25-13-5-3-12(24-2)4-6-13/h3-9H,10-11H2,1-2H3,(H,20,23). The van der Waals surface area contributed by atoms with Gasteiger partial charge in [0.15, 0.2) is 5.76 Å². The largest absolute Gasteiger partial charge is 0.497 e. The molecule has 2 heterocycles. The van der Waals surface area contributed by atoms with Crippen LogP contribution in [0.15, 0.2) is 51.5 Å². The summed E-state index contributed by atoms with van der Waals surface area (Å²) in [5.41, 5.74) is 0.868. The second-order valence-electron chi connectivity index (χ2n) is 5.48. The van der Waals surface area contributed by atoms with Crippen LogP contribution in [0.2, 0.25) is 0 Å². The van der Waals surface area contributed by atoms with E-state index in [1.807, 2.05) is 19.2 Å². The molecule has 1 aromatic carbocycles. The van der Waals surface area contributed by atoms with Crippen molar-refractivity contribution < 1.29 is 18.7 Å². The van der Waals surface area contributed by atoms with Crippen LogP contribution >= 0.6 is 15.9 Å². The van der Waals surface area contributed by atoms with E-state index in [9.17, 15) is 4.79 Å². The molecule has 8 heteroatoms. The van der Waals surface area contributed by atoms with Crippen molar-refractivity contribution >= 4 is 21.8 Å². The molecule has 0 fully saturated rings. The molecule has 1 amide bonds. The van der Waals surface area contributed by atoms with Gasteiger partial charge in [-0.25, -0.2) is 0 Å². The molecular formula is C18H18BrN3O4. The van der Waals surface area contributed by atoms with Crippen molar-refractivity contribution in [3.8, 4) is 11.5 Å². The quantitative estimate of drug-likeness (QED) is 0.635. The summed E-state index contributed by atoms with van der Waals surface area (Å²) in [6.45, 7) is 0.571. The average molecular weight is 420 g/mol. The maximum Gasteiger partial charge on any atom is 0.287 e. The number of ether oxygens (including phenoxy) is 2. The molecule has 0 radical (unpaired) electrons. The molecule has 0 spiro atoms. The number of carbonyl (C=O) groups excluding carboxylic acids is 1. The lowest BCUT2D eigenvalue weighted by atomic mass is 10.3. The monoisotopic (exact) mass is 419 g/mol. The zero-order valence-corrected chi connectivity index (χ0v) is 15.9. The molecule has 0 unspecified atom stereocenters. The van der Waals surface area contributed by atoms with Crippen molar-refractivity contribution in [2.75, 3.05) is 7.11 Å². The smallest absolute Gasteiger partial charge is 0.287 e. The summed E-state index contributed by atoms with van der Waals surface area (Å²) >= 11 is 3.40. The van der Waals surface area contributed by atoms with Crippen LogP contribution in [0.1, 0.15) is 22.0 Å². The highest BCUT2D eigenvalue weighted by Gasteiger charge is 2.13. The number of rotatable bonds is 7. The van der Waals surface area contributed by atoms with Gasteiger partial charge >= 0.3 is 0 Å². The van der Waals surface area contributed by atoms with E-state index in [2.05, 4.69) is 26.3 Å². The van der Waals surface area contributed by atoms with Crippen LogP contribution < -0.4 is 14.8 Å². The van der Waals surface area contributed by atoms with Gasteiger partial charge < -0.3 is 19.2 Å². The van der Waals surface area contributed by atoms with Crippen molar-refractivity contribution in [2.24, 2.45) is 7.05 Å². The minimum atomic E-state index is -0.297. The summed E-state index contributed by atoms with van der Waals surface area (Å²) in [5, 5.41) is 6.91. The average Bonchev–Trinajstić information content (AvgIpc) is 3.26. The summed E-state index contributed by atoms with van der Waals surface area (Å²) in [6.07, 6.45) is 1.68. The number of benzene rings is 1. The lowest BCUT2D eigenvalue weighted by molar-refractivity contribution is 0.0918. The van der Waals surface area contributed by atoms with Crippen LogP contribution in [0.25, 0.3) is 0 Å². The Kier molecular flexibility index (Phi) is 5.62. The number of halogens is 1. The van der Waals surface area contributed by atoms with Crippen molar-refractivity contribution in [2.45, 2.75) is 13.2 Å². The molecule has 0 saturated heterocycles. The SMILES string of the molecule is COc1ccc(OCc2ccc(C(=O)NCc3c(Br)cnn3C)o2)cc1. The van der Waals surface area contributed by atoms with Gasteiger partial charge in [0, 0.05) is 7.05 Å². The summed E-state index contributed by atoms with van der Waals surface area (Å²) < 4.78 is 18.8. The van der Waals surface area contributed by atoms with Gasteiger partial charge in [0.05, 0.1) is 30.0 Å². The van der Waals surface area contributed by atoms with Gasteiger partial charge in [-0.15, -0.1) is 0 Å². The van der Waals surface area contributed by atoms with Crippen molar-refractivity contribution in [3.05, 3.63) is 64.3 Å². The molecule has 0 aliphatic heterocycles. The lowest BCUT2D eigenvalue weighted by Crippen LogP contribution is -2.23. The van der Waals surface area contributed by atoms with Crippen molar-refractivity contribution in [3.63, 3.8) is 0 Å². The Bertz CT molecular complexity index is 867. The Balaban J connectivity index is 1.54. The minimum absolute atomic E-state index is 0.229. The number of carbonyl (C=O) groups is 1. The van der Waals surface area contributed by atoms with E-state index < -0.39 is 0 Å². The molecular weight excluding hydrogens is 402 g/mol. The zero-order valence-electron chi connectivity index (χ0n) is 14.4. The summed E-state index contributed by atoms with van der Waals surface area (Å²) in [7, 11) is 3.42. The number of methoxy groups -OCH3 is 1. The van der Waals surface area contributed by atoms with Gasteiger partial charge in [0.2, 0.25) is 0 Å². The number of hydrogen-bond acceptors (Lipinski definition) is 5. The van der Waals surface area contributed by atoms with Gasteiger partial charge in [-0.05, 0) is 52.3 Å². The molecule has 2 aromatic heterocycles. The predicted octanol–water partition coefficient (Wildman–Crippen LogP) is 3.29. The Morgan fingerprint density at radius 1 is 1.23 bits per heavy atom. The Labute approximate surface area is 159 Å². The molecule has 0 saturated carbocycles. The first-order chi connectivity index (χ1) is 12.6. The Hall–Kier alpha value is -2.74. The van der Waals surface area contributed by atoms with Gasteiger partial charge in [-0.3, -0.25) is 9.48 Å². The third-order valence-corrected chi connectivity index (χ3v) is 4.42. The normalized spacial score (nSPS) is 10.6. The second kappa shape index (κ2) is 8.09. The first kappa shape index (κ1) is 18.1. The molecule has 26 heavy (non-hydrogen) atoms. The molecule has 0 atom stereocenters. The predicted molar refractivity (Wildman–Crippen MR) is 98.1 cm³/mol. The van der Waals surface area contributed by atoms with Crippen LogP contribution in [0.4, 0.5) is 0 Å². The third kappa shape index (κ3) is 4.26. The number of aryl methyl sites for hydroxylation is 1. The van der Waals surface area contributed by atoms with E-state index in [1.54, 1.807) is 42.3 Å². The van der Waals surface area contributed by atoms with Gasteiger partial charge in [-0.1, -0.05) is 0 Å². The third-order valence-electron chi connectivity index (χ3n) is 3.75. The van der Waals surface area contributed by atoms with Crippen LogP contribution in [0, 0.1) is 0 Å². The fraction of sp³-hybridized carbons (Fsp3) is 0.222. The van der Waals surface area contributed by atoms with E-state index in [-0.39, 0.29) is 18.3 Å². The number of furan rings is 1. The molecule has 0 aliphatic rings. The maximum absolute atomic E-state index is 12.2. The number of aromatic nitrogens is 2. The lowest BCUT2D eigenvalue weighted by Gasteiger charge is -2.06. The van der Waals surface area contributed by atoms with Gasteiger partial charge in [-0.2, -0.15) is 5.10 Å². The first-order valence-electron chi connectivity index (χ1n) is 7.87. The van der Waals surface area contributed by atoms with Gasteiger partial charge in [0.25, 0.3) is 5.91 Å². The zero-order chi connectivity index (χ0) is 18.5. The topological polar surface area (TPSA) is 78.5 Å². The molecule has 0 aliphatic carbocycles. The van der Waals surface area contributed by atoms with Crippen LogP contribution in [0.3, 0.4) is 0 Å². The summed E-state index contributed by atoms with van der Waals surface area (Å²) in [6, 6.07) is 10.6. The van der Waals surface area contributed by atoms with E-state index in [4.69, 9.17) is 13.9 Å². The van der Waals surface area contributed by atoms with Crippen LogP contribution in [-0.2, 0) is 20.2 Å². The Morgan fingerprint density at radius 2 is 1.96 bits per heavy atom. The van der Waals surface area contributed by atoms with E-state index >= 15 is 0 Å². The minimum Gasteiger partial charge on any atom is -0.497 e. The highest BCUT2D eigenvalue weighted by molar-refractivity contribution is 9.10. The highest BCUT2D eigenvalue weighted by Crippen LogP contribution is 2.19. The van der Waals surface area contributed by atoms with E-state index in [0.29, 0.717) is 18.1 Å². The number of hydrogen-bond donors (Lipinski definition) is 1. The second-order valence-corrected chi connectivity index (χ2v) is 6.33. The molecule has 0 bridgehead atoms. The van der Waals surface area contributed by atoms with Crippen LogP contribution in [0.5, 0.6) is 11.5 Å². The molecule has 7 nitrogen and oxygen atoms in total. The van der Waals surface area contributed by atoms with E-state index in [0.717, 1.165) is 15.9 Å². The summed E-state index contributed by atoms with van der Waals surface area (Å²) in [5.74, 6) is 1.95. The number of nitrogens with zero attached hydrogens (tertiary/aromatic N) is 2. The highest BCUT2D eigenvalue weighted by atomic mass is 79.9. The van der Waals surface area contributed by atoms with E-state index in [1.165, 1.54) is 0 Å². The molecule has 3 aromatic rings.